The lowest BCUT2D eigenvalue weighted by Crippen LogP contribution is -2.35. The van der Waals surface area contributed by atoms with Crippen LogP contribution in [0.1, 0.15) is 18.9 Å². The van der Waals surface area contributed by atoms with Gasteiger partial charge in [0.25, 0.3) is 0 Å². The zero-order valence-corrected chi connectivity index (χ0v) is 17.3. The van der Waals surface area contributed by atoms with Crippen molar-refractivity contribution >= 4 is 27.4 Å². The van der Waals surface area contributed by atoms with E-state index in [1.165, 1.54) is 15.3 Å². The Morgan fingerprint density at radius 3 is 2.80 bits per heavy atom. The number of amides is 1. The molecule has 30 heavy (non-hydrogen) atoms. The highest BCUT2D eigenvalue weighted by Gasteiger charge is 2.33. The molecule has 0 unspecified atom stereocenters. The van der Waals surface area contributed by atoms with E-state index >= 15 is 0 Å². The van der Waals surface area contributed by atoms with Crippen molar-refractivity contribution in [3.05, 3.63) is 48.0 Å². The van der Waals surface area contributed by atoms with Gasteiger partial charge in [0.2, 0.25) is 10.0 Å². The van der Waals surface area contributed by atoms with E-state index in [-0.39, 0.29) is 18.8 Å². The average Bonchev–Trinajstić information content (AvgIpc) is 3.38. The highest BCUT2D eigenvalue weighted by atomic mass is 32.2. The van der Waals surface area contributed by atoms with E-state index in [0.717, 1.165) is 5.57 Å². The molecule has 2 aliphatic heterocycles. The number of hydrogen-bond donors (Lipinski definition) is 0. The van der Waals surface area contributed by atoms with E-state index in [1.807, 2.05) is 0 Å². The van der Waals surface area contributed by atoms with Crippen LogP contribution in [0.25, 0.3) is 5.57 Å². The van der Waals surface area contributed by atoms with Crippen LogP contribution in [-0.2, 0) is 21.3 Å². The van der Waals surface area contributed by atoms with Gasteiger partial charge in [-0.25, -0.2) is 22.3 Å². The van der Waals surface area contributed by atoms with Gasteiger partial charge >= 0.3 is 6.09 Å². The smallest absolute Gasteiger partial charge is 0.414 e. The monoisotopic (exact) mass is 435 g/mol. The summed E-state index contributed by atoms with van der Waals surface area (Å²) in [5.74, 6) is -0.415. The maximum Gasteiger partial charge on any atom is 0.414 e. The predicted octanol–water partition coefficient (Wildman–Crippen LogP) is 1.88. The molecule has 0 radical (unpaired) electrons. The Morgan fingerprint density at radius 2 is 2.17 bits per heavy atom. The molecule has 0 bridgehead atoms. The van der Waals surface area contributed by atoms with E-state index in [0.29, 0.717) is 30.8 Å². The molecule has 1 atom stereocenters. The molecule has 2 aliphatic rings. The molecule has 0 aliphatic carbocycles. The molecule has 2 aromatic rings. The first-order valence-electron chi connectivity index (χ1n) is 9.66. The number of nitrogens with zero attached hydrogens (tertiary/aromatic N) is 5. The van der Waals surface area contributed by atoms with Gasteiger partial charge in [-0.1, -0.05) is 11.3 Å². The number of aromatic nitrogens is 3. The van der Waals surface area contributed by atoms with E-state index in [9.17, 15) is 17.6 Å². The SMILES string of the molecule is CCS(=O)(=O)N1CC=C(c2ccc(N3C[C@H](Cn4ccnn4)OC3=O)cc2F)CC1. The molecule has 1 fully saturated rings. The molecule has 1 aromatic heterocycles. The van der Waals surface area contributed by atoms with Crippen molar-refractivity contribution in [2.75, 3.05) is 30.3 Å². The molecule has 1 saturated heterocycles. The number of halogens is 1. The first kappa shape index (κ1) is 20.5. The van der Waals surface area contributed by atoms with Crippen LogP contribution in [0, 0.1) is 5.82 Å². The maximum atomic E-state index is 14.8. The van der Waals surface area contributed by atoms with Gasteiger partial charge in [0.05, 0.1) is 30.7 Å². The van der Waals surface area contributed by atoms with Crippen molar-refractivity contribution in [2.24, 2.45) is 0 Å². The second-order valence-electron chi connectivity index (χ2n) is 7.14. The molecule has 0 saturated carbocycles. The molecule has 9 nitrogen and oxygen atoms in total. The van der Waals surface area contributed by atoms with Crippen LogP contribution in [0.3, 0.4) is 0 Å². The van der Waals surface area contributed by atoms with Crippen LogP contribution < -0.4 is 4.90 Å². The molecule has 1 amide bonds. The first-order chi connectivity index (χ1) is 14.4. The summed E-state index contributed by atoms with van der Waals surface area (Å²) in [6, 6.07) is 4.61. The average molecular weight is 435 g/mol. The fourth-order valence-corrected chi connectivity index (χ4v) is 4.67. The Balaban J connectivity index is 1.47. The van der Waals surface area contributed by atoms with Crippen molar-refractivity contribution in [3.8, 4) is 0 Å². The molecule has 0 N–H and O–H groups in total. The van der Waals surface area contributed by atoms with Crippen molar-refractivity contribution in [3.63, 3.8) is 0 Å². The summed E-state index contributed by atoms with van der Waals surface area (Å²) in [5, 5.41) is 7.57. The van der Waals surface area contributed by atoms with Crippen LogP contribution >= 0.6 is 0 Å². The summed E-state index contributed by atoms with van der Waals surface area (Å²) in [5.41, 5.74) is 1.59. The quantitative estimate of drug-likeness (QED) is 0.687. The molecular weight excluding hydrogens is 413 g/mol. The largest absolute Gasteiger partial charge is 0.442 e. The number of carbonyl (C=O) groups excluding carboxylic acids is 1. The molecule has 11 heteroatoms. The van der Waals surface area contributed by atoms with Crippen molar-refractivity contribution < 1.29 is 22.3 Å². The zero-order valence-electron chi connectivity index (χ0n) is 16.4. The van der Waals surface area contributed by atoms with Gasteiger partial charge in [-0.2, -0.15) is 4.31 Å². The van der Waals surface area contributed by atoms with Gasteiger partial charge in [0.15, 0.2) is 0 Å². The summed E-state index contributed by atoms with van der Waals surface area (Å²) < 4.78 is 47.1. The highest BCUT2D eigenvalue weighted by Crippen LogP contribution is 2.30. The van der Waals surface area contributed by atoms with Crippen LogP contribution in [0.5, 0.6) is 0 Å². The third-order valence-corrected chi connectivity index (χ3v) is 7.13. The van der Waals surface area contributed by atoms with Crippen LogP contribution in [0.15, 0.2) is 36.7 Å². The van der Waals surface area contributed by atoms with E-state index in [2.05, 4.69) is 10.3 Å². The first-order valence-corrected chi connectivity index (χ1v) is 11.3. The molecular formula is C19H22FN5O4S. The lowest BCUT2D eigenvalue weighted by Gasteiger charge is -2.25. The zero-order chi connectivity index (χ0) is 21.3. The minimum absolute atomic E-state index is 0.0447. The molecule has 0 spiro atoms. The molecule has 3 heterocycles. The topological polar surface area (TPSA) is 97.6 Å². The number of rotatable bonds is 6. The van der Waals surface area contributed by atoms with Crippen molar-refractivity contribution in [1.82, 2.24) is 19.3 Å². The van der Waals surface area contributed by atoms with Crippen molar-refractivity contribution in [1.29, 1.82) is 0 Å². The van der Waals surface area contributed by atoms with Gasteiger partial charge in [-0.3, -0.25) is 4.90 Å². The van der Waals surface area contributed by atoms with E-state index in [4.69, 9.17) is 4.74 Å². The third kappa shape index (κ3) is 4.08. The summed E-state index contributed by atoms with van der Waals surface area (Å²) in [6.07, 6.45) is 4.45. The summed E-state index contributed by atoms with van der Waals surface area (Å²) >= 11 is 0. The number of carbonyl (C=O) groups is 1. The Bertz CT molecular complexity index is 1070. The highest BCUT2D eigenvalue weighted by molar-refractivity contribution is 7.89. The summed E-state index contributed by atoms with van der Waals surface area (Å²) in [6.45, 7) is 2.81. The number of sulfonamides is 1. The predicted molar refractivity (Wildman–Crippen MR) is 108 cm³/mol. The Labute approximate surface area is 173 Å². The Kier molecular flexibility index (Phi) is 5.56. The van der Waals surface area contributed by atoms with Gasteiger partial charge in [-0.05, 0) is 37.1 Å². The second kappa shape index (κ2) is 8.15. The molecule has 1 aromatic carbocycles. The van der Waals surface area contributed by atoms with Gasteiger partial charge in [-0.15, -0.1) is 5.10 Å². The molecule has 160 valence electrons. The second-order valence-corrected chi connectivity index (χ2v) is 9.40. The van der Waals surface area contributed by atoms with Crippen molar-refractivity contribution in [2.45, 2.75) is 26.0 Å². The third-order valence-electron chi connectivity index (χ3n) is 5.28. The van der Waals surface area contributed by atoms with Crippen LogP contribution in [0.2, 0.25) is 0 Å². The van der Waals surface area contributed by atoms with E-state index < -0.39 is 28.0 Å². The standard InChI is InChI=1S/C19H22FN5O4S/c1-2-30(27,28)24-8-5-14(6-9-24)17-4-3-15(11-18(17)20)25-13-16(29-19(25)26)12-23-10-7-21-22-23/h3-5,7,10-11,16H,2,6,8-9,12-13H2,1H3/t16-/m0/s1. The van der Waals surface area contributed by atoms with Gasteiger partial charge in [0, 0.05) is 24.8 Å². The van der Waals surface area contributed by atoms with Gasteiger partial charge in [0.1, 0.15) is 11.9 Å². The number of hydrogen-bond acceptors (Lipinski definition) is 6. The lowest BCUT2D eigenvalue weighted by atomic mass is 9.99. The number of anilines is 1. The Morgan fingerprint density at radius 1 is 1.33 bits per heavy atom. The summed E-state index contributed by atoms with van der Waals surface area (Å²) in [4.78, 5) is 13.6. The fourth-order valence-electron chi connectivity index (χ4n) is 3.63. The minimum Gasteiger partial charge on any atom is -0.442 e. The van der Waals surface area contributed by atoms with Gasteiger partial charge < -0.3 is 4.74 Å². The fraction of sp³-hybridized carbons (Fsp3) is 0.421. The van der Waals surface area contributed by atoms with E-state index in [1.54, 1.807) is 42.2 Å². The van der Waals surface area contributed by atoms with Crippen LogP contribution in [-0.4, -0.2) is 65.3 Å². The maximum absolute atomic E-state index is 14.8. The normalized spacial score (nSPS) is 20.3. The molecule has 4 rings (SSSR count). The Hall–Kier alpha value is -2.79. The number of cyclic esters (lactones) is 1. The minimum atomic E-state index is -3.26. The lowest BCUT2D eigenvalue weighted by molar-refractivity contribution is 0.129. The van der Waals surface area contributed by atoms with Crippen LogP contribution in [0.4, 0.5) is 14.9 Å². The number of ether oxygens (including phenoxy) is 1. The summed E-state index contributed by atoms with van der Waals surface area (Å²) in [7, 11) is -3.26. The number of benzene rings is 1.